The maximum absolute atomic E-state index is 12.3. The molecule has 0 aliphatic carbocycles. The van der Waals surface area contributed by atoms with E-state index in [1.807, 2.05) is 6.26 Å². The molecule has 0 aliphatic heterocycles. The average Bonchev–Trinajstić information content (AvgIpc) is 2.75. The summed E-state index contributed by atoms with van der Waals surface area (Å²) in [5.74, 6) is -1.41. The minimum Gasteiger partial charge on any atom is -0.480 e. The second kappa shape index (κ2) is 11.5. The predicted octanol–water partition coefficient (Wildman–Crippen LogP) is 3.18. The maximum Gasteiger partial charge on any atom is 0.326 e. The number of non-ortho nitro benzene ring substituents is 1. The molecular weight excluding hydrogens is 422 g/mol. The molecule has 0 saturated carbocycles. The van der Waals surface area contributed by atoms with E-state index in [0.717, 1.165) is 0 Å². The number of nitro benzene ring substituents is 1. The summed E-state index contributed by atoms with van der Waals surface area (Å²) in [5, 5.41) is 25.0. The summed E-state index contributed by atoms with van der Waals surface area (Å²) in [5.41, 5.74) is 1.31. The Bertz CT molecular complexity index is 974. The van der Waals surface area contributed by atoms with Crippen molar-refractivity contribution in [1.82, 2.24) is 5.32 Å². The van der Waals surface area contributed by atoms with E-state index in [4.69, 9.17) is 0 Å². The summed E-state index contributed by atoms with van der Waals surface area (Å²) in [4.78, 5) is 45.7. The molecule has 2 aromatic carbocycles. The first kappa shape index (κ1) is 23.6. The van der Waals surface area contributed by atoms with Crippen molar-refractivity contribution in [3.05, 3.63) is 75.8 Å². The van der Waals surface area contributed by atoms with Crippen LogP contribution in [-0.2, 0) is 9.59 Å². The zero-order valence-corrected chi connectivity index (χ0v) is 17.4. The Morgan fingerprint density at radius 3 is 2.32 bits per heavy atom. The fourth-order valence-corrected chi connectivity index (χ4v) is 2.97. The van der Waals surface area contributed by atoms with Crippen molar-refractivity contribution < 1.29 is 24.4 Å². The number of carboxylic acid groups (broad SMARTS) is 1. The number of nitro groups is 1. The van der Waals surface area contributed by atoms with Crippen molar-refractivity contribution in [2.24, 2.45) is 0 Å². The monoisotopic (exact) mass is 443 g/mol. The molecule has 0 heterocycles. The zero-order valence-electron chi connectivity index (χ0n) is 16.6. The van der Waals surface area contributed by atoms with Gasteiger partial charge in [0.05, 0.1) is 4.92 Å². The SMILES string of the molecule is CSCC[C@H](NC(=O)c1ccc(NC(=O)/C=C/c2ccc([N+](=O)[O-])cc2)cc1)C(=O)O. The number of aliphatic carboxylic acids is 1. The minimum absolute atomic E-state index is 0.0374. The first-order valence-corrected chi connectivity index (χ1v) is 10.6. The Morgan fingerprint density at radius 1 is 1.13 bits per heavy atom. The number of nitrogens with zero attached hydrogens (tertiary/aromatic N) is 1. The number of anilines is 1. The number of carbonyl (C=O) groups is 3. The van der Waals surface area contributed by atoms with Crippen molar-refractivity contribution in [3.63, 3.8) is 0 Å². The second-order valence-corrected chi connectivity index (χ2v) is 7.38. The molecule has 31 heavy (non-hydrogen) atoms. The highest BCUT2D eigenvalue weighted by Crippen LogP contribution is 2.14. The molecule has 0 spiro atoms. The Balaban J connectivity index is 1.93. The maximum atomic E-state index is 12.3. The fourth-order valence-electron chi connectivity index (χ4n) is 2.50. The highest BCUT2D eigenvalue weighted by Gasteiger charge is 2.20. The van der Waals surface area contributed by atoms with E-state index in [0.29, 0.717) is 23.4 Å². The van der Waals surface area contributed by atoms with E-state index >= 15 is 0 Å². The van der Waals surface area contributed by atoms with Gasteiger partial charge < -0.3 is 15.7 Å². The van der Waals surface area contributed by atoms with Gasteiger partial charge >= 0.3 is 5.97 Å². The van der Waals surface area contributed by atoms with E-state index in [1.54, 1.807) is 0 Å². The zero-order chi connectivity index (χ0) is 22.8. The number of thioether (sulfide) groups is 1. The number of benzene rings is 2. The summed E-state index contributed by atoms with van der Waals surface area (Å²) >= 11 is 1.49. The van der Waals surface area contributed by atoms with Crippen LogP contribution in [0.15, 0.2) is 54.6 Å². The summed E-state index contributed by atoms with van der Waals surface area (Å²) in [6, 6.07) is 10.8. The van der Waals surface area contributed by atoms with Crippen LogP contribution in [0.4, 0.5) is 11.4 Å². The van der Waals surface area contributed by atoms with Gasteiger partial charge in [0, 0.05) is 29.5 Å². The number of amides is 2. The topological polar surface area (TPSA) is 139 Å². The quantitative estimate of drug-likeness (QED) is 0.291. The van der Waals surface area contributed by atoms with E-state index in [9.17, 15) is 29.6 Å². The number of nitrogens with one attached hydrogen (secondary N) is 2. The van der Waals surface area contributed by atoms with Crippen LogP contribution < -0.4 is 10.6 Å². The molecule has 162 valence electrons. The van der Waals surface area contributed by atoms with Crippen molar-refractivity contribution in [2.45, 2.75) is 12.5 Å². The lowest BCUT2D eigenvalue weighted by atomic mass is 10.1. The van der Waals surface area contributed by atoms with Gasteiger partial charge in [0.25, 0.3) is 11.6 Å². The molecule has 2 aromatic rings. The van der Waals surface area contributed by atoms with E-state index < -0.39 is 28.7 Å². The van der Waals surface area contributed by atoms with Crippen molar-refractivity contribution in [1.29, 1.82) is 0 Å². The van der Waals surface area contributed by atoms with E-state index in [-0.39, 0.29) is 11.3 Å². The van der Waals surface area contributed by atoms with Crippen LogP contribution in [0.2, 0.25) is 0 Å². The van der Waals surface area contributed by atoms with Gasteiger partial charge in [0.1, 0.15) is 6.04 Å². The minimum atomic E-state index is -1.09. The normalized spacial score (nSPS) is 11.6. The van der Waals surface area contributed by atoms with Gasteiger partial charge in [0.15, 0.2) is 0 Å². The molecule has 0 aliphatic rings. The van der Waals surface area contributed by atoms with Crippen molar-refractivity contribution >= 4 is 47.0 Å². The number of rotatable bonds is 10. The van der Waals surface area contributed by atoms with Crippen LogP contribution in [-0.4, -0.2) is 45.9 Å². The molecule has 0 saturated heterocycles. The largest absolute Gasteiger partial charge is 0.480 e. The Kier molecular flexibility index (Phi) is 8.77. The summed E-state index contributed by atoms with van der Waals surface area (Å²) in [7, 11) is 0. The fraction of sp³-hybridized carbons (Fsp3) is 0.190. The lowest BCUT2D eigenvalue weighted by molar-refractivity contribution is -0.384. The smallest absolute Gasteiger partial charge is 0.326 e. The third-order valence-corrected chi connectivity index (χ3v) is 4.80. The first-order valence-electron chi connectivity index (χ1n) is 9.16. The van der Waals surface area contributed by atoms with E-state index in [1.165, 1.54) is 72.4 Å². The molecule has 2 amide bonds. The van der Waals surface area contributed by atoms with Gasteiger partial charge in [-0.1, -0.05) is 0 Å². The van der Waals surface area contributed by atoms with Crippen LogP contribution in [0.25, 0.3) is 6.08 Å². The second-order valence-electron chi connectivity index (χ2n) is 6.39. The molecule has 0 unspecified atom stereocenters. The number of hydrogen-bond acceptors (Lipinski definition) is 6. The molecule has 10 heteroatoms. The highest BCUT2D eigenvalue weighted by molar-refractivity contribution is 7.98. The van der Waals surface area contributed by atoms with Crippen LogP contribution in [0.5, 0.6) is 0 Å². The number of carbonyl (C=O) groups excluding carboxylic acids is 2. The van der Waals surface area contributed by atoms with Crippen LogP contribution in [0.1, 0.15) is 22.3 Å². The molecular formula is C21H21N3O6S. The Morgan fingerprint density at radius 2 is 1.77 bits per heavy atom. The molecule has 1 atom stereocenters. The average molecular weight is 443 g/mol. The summed E-state index contributed by atoms with van der Waals surface area (Å²) in [6.07, 6.45) is 4.97. The van der Waals surface area contributed by atoms with Gasteiger partial charge in [-0.2, -0.15) is 11.8 Å². The summed E-state index contributed by atoms with van der Waals surface area (Å²) in [6.45, 7) is 0. The highest BCUT2D eigenvalue weighted by atomic mass is 32.2. The lowest BCUT2D eigenvalue weighted by Gasteiger charge is -2.14. The van der Waals surface area contributed by atoms with Gasteiger partial charge in [-0.15, -0.1) is 0 Å². The summed E-state index contributed by atoms with van der Waals surface area (Å²) < 4.78 is 0. The lowest BCUT2D eigenvalue weighted by Crippen LogP contribution is -2.41. The standard InChI is InChI=1S/C21H21N3O6S/c1-31-13-12-18(21(27)28)23-20(26)15-5-7-16(8-6-15)22-19(25)11-4-14-2-9-17(10-3-14)24(29)30/h2-11,18H,12-13H2,1H3,(H,22,25)(H,23,26)(H,27,28)/b11-4+/t18-/m0/s1. The molecule has 0 radical (unpaired) electrons. The molecule has 0 fully saturated rings. The molecule has 0 bridgehead atoms. The first-order chi connectivity index (χ1) is 14.8. The Labute approximate surface area is 182 Å². The molecule has 3 N–H and O–H groups in total. The number of carboxylic acids is 1. The van der Waals surface area contributed by atoms with Gasteiger partial charge in [-0.05, 0) is 66.5 Å². The van der Waals surface area contributed by atoms with Crippen molar-refractivity contribution in [3.8, 4) is 0 Å². The van der Waals surface area contributed by atoms with Gasteiger partial charge in [-0.25, -0.2) is 4.79 Å². The van der Waals surface area contributed by atoms with Gasteiger partial charge in [-0.3, -0.25) is 19.7 Å². The van der Waals surface area contributed by atoms with Crippen LogP contribution >= 0.6 is 11.8 Å². The van der Waals surface area contributed by atoms with E-state index in [2.05, 4.69) is 10.6 Å². The van der Waals surface area contributed by atoms with Gasteiger partial charge in [0.2, 0.25) is 5.91 Å². The molecule has 2 rings (SSSR count). The van der Waals surface area contributed by atoms with Crippen LogP contribution in [0, 0.1) is 10.1 Å². The molecule has 0 aromatic heterocycles. The van der Waals surface area contributed by atoms with Crippen LogP contribution in [0.3, 0.4) is 0 Å². The third-order valence-electron chi connectivity index (χ3n) is 4.16. The van der Waals surface area contributed by atoms with Crippen molar-refractivity contribution in [2.75, 3.05) is 17.3 Å². The number of hydrogen-bond donors (Lipinski definition) is 3. The molecule has 9 nitrogen and oxygen atoms in total. The predicted molar refractivity (Wildman–Crippen MR) is 119 cm³/mol. The Hall–Kier alpha value is -3.66. The third kappa shape index (κ3) is 7.59.